The van der Waals surface area contributed by atoms with Crippen molar-refractivity contribution in [1.29, 1.82) is 0 Å². The number of hydrogen-bond donors (Lipinski definition) is 2. The van der Waals surface area contributed by atoms with Crippen LogP contribution in [0.1, 0.15) is 37.7 Å². The van der Waals surface area contributed by atoms with Crippen LogP contribution in [-0.4, -0.2) is 38.1 Å². The van der Waals surface area contributed by atoms with Gasteiger partial charge in [-0.15, -0.1) is 10.2 Å². The summed E-state index contributed by atoms with van der Waals surface area (Å²) in [6, 6.07) is 7.60. The van der Waals surface area contributed by atoms with Gasteiger partial charge in [-0.1, -0.05) is 18.2 Å². The highest BCUT2D eigenvalue weighted by Crippen LogP contribution is 2.45. The topological polar surface area (TPSA) is 110 Å². The maximum absolute atomic E-state index is 12.7. The number of hydrogen-bond acceptors (Lipinski definition) is 6. The lowest BCUT2D eigenvalue weighted by atomic mass is 9.85. The largest absolute Gasteiger partial charge is 0.458 e. The van der Waals surface area contributed by atoms with E-state index in [1.54, 1.807) is 0 Å². The molecule has 1 atom stereocenters. The van der Waals surface area contributed by atoms with E-state index >= 15 is 0 Å². The van der Waals surface area contributed by atoms with Crippen molar-refractivity contribution in [2.75, 3.05) is 0 Å². The Balaban J connectivity index is 1.44. The zero-order valence-electron chi connectivity index (χ0n) is 13.7. The molecule has 2 aliphatic rings. The monoisotopic (exact) mass is 341 g/mol. The molecule has 1 aliphatic heterocycles. The van der Waals surface area contributed by atoms with E-state index in [9.17, 15) is 9.59 Å². The summed E-state index contributed by atoms with van der Waals surface area (Å²) in [4.78, 5) is 24.4. The van der Waals surface area contributed by atoms with Gasteiger partial charge >= 0.3 is 5.97 Å². The molecule has 130 valence electrons. The second-order valence-electron chi connectivity index (χ2n) is 6.66. The van der Waals surface area contributed by atoms with Crippen molar-refractivity contribution in [1.82, 2.24) is 25.9 Å². The van der Waals surface area contributed by atoms with Crippen LogP contribution in [-0.2, 0) is 20.9 Å². The van der Waals surface area contributed by atoms with Crippen LogP contribution in [0.4, 0.5) is 0 Å². The first-order chi connectivity index (χ1) is 12.2. The smallest absolute Gasteiger partial charge is 0.307 e. The Morgan fingerprint density at radius 1 is 1.36 bits per heavy atom. The molecule has 8 nitrogen and oxygen atoms in total. The Kier molecular flexibility index (Phi) is 3.95. The van der Waals surface area contributed by atoms with E-state index in [1.807, 2.05) is 24.3 Å². The van der Waals surface area contributed by atoms with Crippen molar-refractivity contribution in [3.05, 3.63) is 29.8 Å². The molecule has 1 aromatic carbocycles. The van der Waals surface area contributed by atoms with Gasteiger partial charge in [0, 0.05) is 12.1 Å². The van der Waals surface area contributed by atoms with Crippen LogP contribution in [0.3, 0.4) is 0 Å². The van der Waals surface area contributed by atoms with Crippen LogP contribution < -0.4 is 5.32 Å². The molecule has 1 aromatic heterocycles. The van der Waals surface area contributed by atoms with E-state index in [1.165, 1.54) is 0 Å². The lowest BCUT2D eigenvalue weighted by Crippen LogP contribution is -2.42. The minimum atomic E-state index is -0.576. The summed E-state index contributed by atoms with van der Waals surface area (Å²) < 4.78 is 5.54. The van der Waals surface area contributed by atoms with Crippen molar-refractivity contribution >= 4 is 11.9 Å². The van der Waals surface area contributed by atoms with E-state index in [0.29, 0.717) is 12.4 Å². The molecule has 2 fully saturated rings. The third-order valence-corrected chi connectivity index (χ3v) is 5.09. The van der Waals surface area contributed by atoms with Crippen LogP contribution in [0.5, 0.6) is 0 Å². The third kappa shape index (κ3) is 2.99. The molecular weight excluding hydrogens is 322 g/mol. The standard InChI is InChI=1S/C17H19N5O3/c23-14-9-13(17(25-14)6-1-2-7-17)16(24)18-10-11-4-3-5-12(8-11)15-19-21-22-20-15/h3-5,8,13H,1-2,6-7,9-10H2,(H,18,24)(H,19,20,21,22)/t13-/m0/s1. The number of nitrogens with zero attached hydrogens (tertiary/aromatic N) is 3. The van der Waals surface area contributed by atoms with E-state index < -0.39 is 5.60 Å². The Morgan fingerprint density at radius 2 is 2.20 bits per heavy atom. The maximum atomic E-state index is 12.7. The molecule has 0 bridgehead atoms. The zero-order valence-corrected chi connectivity index (χ0v) is 13.7. The first kappa shape index (κ1) is 15.7. The molecule has 1 saturated carbocycles. The van der Waals surface area contributed by atoms with Crippen molar-refractivity contribution in [3.8, 4) is 11.4 Å². The van der Waals surface area contributed by atoms with Crippen LogP contribution in [0.25, 0.3) is 11.4 Å². The molecule has 2 N–H and O–H groups in total. The fourth-order valence-electron chi connectivity index (χ4n) is 3.86. The predicted octanol–water partition coefficient (Wildman–Crippen LogP) is 1.36. The molecule has 0 radical (unpaired) electrons. The van der Waals surface area contributed by atoms with Crippen LogP contribution in [0.15, 0.2) is 24.3 Å². The quantitative estimate of drug-likeness (QED) is 0.813. The van der Waals surface area contributed by atoms with Gasteiger partial charge in [0.25, 0.3) is 0 Å². The summed E-state index contributed by atoms with van der Waals surface area (Å²) in [5, 5.41) is 16.8. The van der Waals surface area contributed by atoms with Gasteiger partial charge in [0.1, 0.15) is 5.60 Å². The summed E-state index contributed by atoms with van der Waals surface area (Å²) in [6.45, 7) is 0.380. The Hall–Kier alpha value is -2.77. The Morgan fingerprint density at radius 3 is 2.96 bits per heavy atom. The molecule has 25 heavy (non-hydrogen) atoms. The van der Waals surface area contributed by atoms with Gasteiger partial charge in [-0.05, 0) is 42.5 Å². The molecule has 1 spiro atoms. The fourth-order valence-corrected chi connectivity index (χ4v) is 3.86. The first-order valence-electron chi connectivity index (χ1n) is 8.49. The number of H-pyrrole nitrogens is 1. The van der Waals surface area contributed by atoms with Crippen molar-refractivity contribution in [2.24, 2.45) is 5.92 Å². The number of amides is 1. The first-order valence-corrected chi connectivity index (χ1v) is 8.49. The van der Waals surface area contributed by atoms with E-state index in [4.69, 9.17) is 4.74 Å². The average molecular weight is 341 g/mol. The van der Waals surface area contributed by atoms with E-state index in [-0.39, 0.29) is 24.2 Å². The van der Waals surface area contributed by atoms with Crippen molar-refractivity contribution in [2.45, 2.75) is 44.2 Å². The summed E-state index contributed by atoms with van der Waals surface area (Å²) in [7, 11) is 0. The molecule has 1 aliphatic carbocycles. The van der Waals surface area contributed by atoms with Crippen molar-refractivity contribution < 1.29 is 14.3 Å². The normalized spacial score (nSPS) is 21.4. The second kappa shape index (κ2) is 6.27. The van der Waals surface area contributed by atoms with Gasteiger partial charge in [0.05, 0.1) is 12.3 Å². The number of tetrazole rings is 1. The average Bonchev–Trinajstić information content (AvgIpc) is 3.35. The maximum Gasteiger partial charge on any atom is 0.307 e. The molecule has 4 rings (SSSR count). The van der Waals surface area contributed by atoms with Crippen molar-refractivity contribution in [3.63, 3.8) is 0 Å². The molecule has 1 amide bonds. The van der Waals surface area contributed by atoms with Crippen LogP contribution in [0, 0.1) is 5.92 Å². The molecule has 0 unspecified atom stereocenters. The minimum Gasteiger partial charge on any atom is -0.458 e. The summed E-state index contributed by atoms with van der Waals surface area (Å²) >= 11 is 0. The van der Waals surface area contributed by atoms with Crippen LogP contribution in [0.2, 0.25) is 0 Å². The van der Waals surface area contributed by atoms with Gasteiger partial charge in [-0.3, -0.25) is 9.59 Å². The molecule has 1 saturated heterocycles. The number of ether oxygens (including phenoxy) is 1. The number of benzene rings is 1. The minimum absolute atomic E-state index is 0.113. The summed E-state index contributed by atoms with van der Waals surface area (Å²) in [5.41, 5.74) is 1.18. The van der Waals surface area contributed by atoms with E-state index in [2.05, 4.69) is 25.9 Å². The number of carbonyl (C=O) groups is 2. The van der Waals surface area contributed by atoms with Gasteiger partial charge < -0.3 is 10.1 Å². The number of carbonyl (C=O) groups excluding carboxylic acids is 2. The van der Waals surface area contributed by atoms with E-state index in [0.717, 1.165) is 36.8 Å². The van der Waals surface area contributed by atoms with Gasteiger partial charge in [0.2, 0.25) is 11.7 Å². The fraction of sp³-hybridized carbons (Fsp3) is 0.471. The van der Waals surface area contributed by atoms with Crippen LogP contribution >= 0.6 is 0 Å². The van der Waals surface area contributed by atoms with Gasteiger partial charge in [0.15, 0.2) is 0 Å². The molecule has 2 aromatic rings. The Bertz CT molecular complexity index is 783. The lowest BCUT2D eigenvalue weighted by Gasteiger charge is -2.27. The van der Waals surface area contributed by atoms with Gasteiger partial charge in [-0.25, -0.2) is 0 Å². The Labute approximate surface area is 144 Å². The number of aromatic amines is 1. The number of nitrogens with one attached hydrogen (secondary N) is 2. The molecule has 2 heterocycles. The van der Waals surface area contributed by atoms with Gasteiger partial charge in [-0.2, -0.15) is 5.21 Å². The highest BCUT2D eigenvalue weighted by Gasteiger charge is 2.53. The second-order valence-corrected chi connectivity index (χ2v) is 6.66. The number of rotatable bonds is 4. The highest BCUT2D eigenvalue weighted by atomic mass is 16.6. The predicted molar refractivity (Wildman–Crippen MR) is 86.9 cm³/mol. The lowest BCUT2D eigenvalue weighted by molar-refractivity contribution is -0.149. The zero-order chi connectivity index (χ0) is 17.3. The highest BCUT2D eigenvalue weighted by molar-refractivity contribution is 5.88. The molecular formula is C17H19N5O3. The number of aromatic nitrogens is 4. The summed E-state index contributed by atoms with van der Waals surface area (Å²) in [6.07, 6.45) is 3.75. The third-order valence-electron chi connectivity index (χ3n) is 5.09. The summed E-state index contributed by atoms with van der Waals surface area (Å²) in [5.74, 6) is -0.255. The molecule has 8 heteroatoms. The number of esters is 1. The SMILES string of the molecule is O=C1C[C@@H](C(=O)NCc2cccc(-c3nn[nH]n3)c2)C2(CCCC2)O1.